The maximum absolute atomic E-state index is 14.1. The first-order valence-electron chi connectivity index (χ1n) is 9.99. The highest BCUT2D eigenvalue weighted by molar-refractivity contribution is 5.77. The first-order valence-corrected chi connectivity index (χ1v) is 9.99. The summed E-state index contributed by atoms with van der Waals surface area (Å²) >= 11 is 0. The molecule has 3 aromatic carbocycles. The summed E-state index contributed by atoms with van der Waals surface area (Å²) in [5.74, 6) is 1.37. The van der Waals surface area contributed by atoms with Crippen molar-refractivity contribution in [2.24, 2.45) is 0 Å². The zero-order valence-electron chi connectivity index (χ0n) is 16.5. The van der Waals surface area contributed by atoms with Gasteiger partial charge in [-0.1, -0.05) is 30.3 Å². The van der Waals surface area contributed by atoms with Gasteiger partial charge in [-0.2, -0.15) is 0 Å². The van der Waals surface area contributed by atoms with E-state index in [0.29, 0.717) is 17.7 Å². The number of anilines is 1. The number of halogens is 1. The molecule has 1 unspecified atom stereocenters. The van der Waals surface area contributed by atoms with Crippen LogP contribution in [0.1, 0.15) is 26.2 Å². The molecule has 1 aliphatic rings. The van der Waals surface area contributed by atoms with Gasteiger partial charge in [0.25, 0.3) is 0 Å². The lowest BCUT2D eigenvalue weighted by atomic mass is 10.1. The lowest BCUT2D eigenvalue weighted by molar-refractivity contribution is -0.117. The Morgan fingerprint density at radius 3 is 2.59 bits per heavy atom. The van der Waals surface area contributed by atoms with E-state index in [4.69, 9.17) is 4.74 Å². The fraction of sp³-hybridized carbons (Fsp3) is 0.240. The Bertz CT molecular complexity index is 1000. The zero-order chi connectivity index (χ0) is 20.2. The van der Waals surface area contributed by atoms with Gasteiger partial charge in [-0.25, -0.2) is 4.39 Å². The zero-order valence-corrected chi connectivity index (χ0v) is 16.5. The second kappa shape index (κ2) is 8.48. The van der Waals surface area contributed by atoms with Crippen LogP contribution in [0.4, 0.5) is 10.1 Å². The summed E-state index contributed by atoms with van der Waals surface area (Å²) in [7, 11) is 0. The molecule has 1 heterocycles. The number of carbonyl (C=O) groups is 1. The van der Waals surface area contributed by atoms with Crippen LogP contribution in [0.5, 0.6) is 11.5 Å². The van der Waals surface area contributed by atoms with Crippen LogP contribution >= 0.6 is 0 Å². The monoisotopic (exact) mass is 389 g/mol. The fourth-order valence-corrected chi connectivity index (χ4v) is 3.98. The second-order valence-electron chi connectivity index (χ2n) is 7.50. The molecule has 4 rings (SSSR count). The normalized spacial score (nSPS) is 16.1. The first kappa shape index (κ1) is 19.2. The van der Waals surface area contributed by atoms with Crippen LogP contribution in [-0.4, -0.2) is 18.4 Å². The Labute approximate surface area is 170 Å². The van der Waals surface area contributed by atoms with Crippen LogP contribution in [0, 0.1) is 5.82 Å². The Kier molecular flexibility index (Phi) is 5.61. The summed E-state index contributed by atoms with van der Waals surface area (Å²) in [5.41, 5.74) is 2.45. The molecular weight excluding hydrogens is 365 g/mol. The summed E-state index contributed by atoms with van der Waals surface area (Å²) in [6.07, 6.45) is 2.76. The number of carbonyl (C=O) groups excluding carboxylic acids is 1. The number of nitrogens with zero attached hydrogens (tertiary/aromatic N) is 1. The first-order chi connectivity index (χ1) is 14.1. The van der Waals surface area contributed by atoms with Gasteiger partial charge in [0.15, 0.2) is 0 Å². The number of ether oxygens (including phenoxy) is 1. The molecule has 0 aromatic heterocycles. The minimum atomic E-state index is -0.250. The lowest BCUT2D eigenvalue weighted by Crippen LogP contribution is -2.30. The van der Waals surface area contributed by atoms with E-state index in [0.717, 1.165) is 36.4 Å². The molecule has 148 valence electrons. The van der Waals surface area contributed by atoms with E-state index < -0.39 is 0 Å². The van der Waals surface area contributed by atoms with Crippen LogP contribution < -0.4 is 9.64 Å². The standard InChI is InChI=1S/C25H24FNO2/c1-18(28)16-21-7-5-15-27(21)20-11-13-22(14-12-20)29-23-8-4-6-19(17-23)24-9-2-3-10-25(24)26/h2-4,6,8-14,17,21H,5,7,15-16H2,1H3. The molecule has 3 aromatic rings. The van der Waals surface area contributed by atoms with Gasteiger partial charge in [-0.15, -0.1) is 0 Å². The van der Waals surface area contributed by atoms with Crippen LogP contribution in [-0.2, 0) is 4.79 Å². The van der Waals surface area contributed by atoms with Crippen LogP contribution in [0.15, 0.2) is 72.8 Å². The number of hydrogen-bond acceptors (Lipinski definition) is 3. The van der Waals surface area contributed by atoms with Gasteiger partial charge in [0.2, 0.25) is 0 Å². The summed E-state index contributed by atoms with van der Waals surface area (Å²) in [6.45, 7) is 2.63. The lowest BCUT2D eigenvalue weighted by Gasteiger charge is -2.26. The van der Waals surface area contributed by atoms with Crippen molar-refractivity contribution < 1.29 is 13.9 Å². The summed E-state index contributed by atoms with van der Waals surface area (Å²) < 4.78 is 20.1. The highest BCUT2D eigenvalue weighted by Gasteiger charge is 2.25. The van der Waals surface area contributed by atoms with Crippen molar-refractivity contribution in [2.45, 2.75) is 32.2 Å². The van der Waals surface area contributed by atoms with Gasteiger partial charge in [0, 0.05) is 30.3 Å². The minimum absolute atomic E-state index is 0.233. The quantitative estimate of drug-likeness (QED) is 0.500. The van der Waals surface area contributed by atoms with E-state index in [2.05, 4.69) is 4.90 Å². The van der Waals surface area contributed by atoms with E-state index in [1.165, 1.54) is 6.07 Å². The molecule has 0 aliphatic carbocycles. The molecule has 0 bridgehead atoms. The molecule has 0 spiro atoms. The van der Waals surface area contributed by atoms with Crippen molar-refractivity contribution in [3.05, 3.63) is 78.6 Å². The Morgan fingerprint density at radius 2 is 1.83 bits per heavy atom. The van der Waals surface area contributed by atoms with Gasteiger partial charge < -0.3 is 9.64 Å². The molecule has 1 atom stereocenters. The number of benzene rings is 3. The summed E-state index contributed by atoms with van der Waals surface area (Å²) in [6, 6.07) is 22.4. The topological polar surface area (TPSA) is 29.5 Å². The Morgan fingerprint density at radius 1 is 1.03 bits per heavy atom. The van der Waals surface area contributed by atoms with Gasteiger partial charge in [0.1, 0.15) is 23.1 Å². The van der Waals surface area contributed by atoms with Crippen molar-refractivity contribution in [3.63, 3.8) is 0 Å². The van der Waals surface area contributed by atoms with E-state index in [9.17, 15) is 9.18 Å². The van der Waals surface area contributed by atoms with Gasteiger partial charge in [0.05, 0.1) is 0 Å². The maximum Gasteiger partial charge on any atom is 0.131 e. The second-order valence-corrected chi connectivity index (χ2v) is 7.50. The third kappa shape index (κ3) is 4.48. The van der Waals surface area contributed by atoms with E-state index in [1.54, 1.807) is 19.1 Å². The molecule has 0 radical (unpaired) electrons. The van der Waals surface area contributed by atoms with Crippen molar-refractivity contribution in [2.75, 3.05) is 11.4 Å². The van der Waals surface area contributed by atoms with Crippen molar-refractivity contribution in [1.29, 1.82) is 0 Å². The number of ketones is 1. The Hall–Kier alpha value is -3.14. The largest absolute Gasteiger partial charge is 0.457 e. The summed E-state index contributed by atoms with van der Waals surface area (Å²) in [5, 5.41) is 0. The van der Waals surface area contributed by atoms with Crippen molar-refractivity contribution >= 4 is 11.5 Å². The van der Waals surface area contributed by atoms with Crippen LogP contribution in [0.25, 0.3) is 11.1 Å². The van der Waals surface area contributed by atoms with Crippen molar-refractivity contribution in [3.8, 4) is 22.6 Å². The molecule has 29 heavy (non-hydrogen) atoms. The van der Waals surface area contributed by atoms with Gasteiger partial charge in [-0.3, -0.25) is 4.79 Å². The Balaban J connectivity index is 1.49. The number of rotatable bonds is 6. The predicted octanol–water partition coefficient (Wildman–Crippen LogP) is 6.23. The smallest absolute Gasteiger partial charge is 0.131 e. The SMILES string of the molecule is CC(=O)CC1CCCN1c1ccc(Oc2cccc(-c3ccccc3F)c2)cc1. The summed E-state index contributed by atoms with van der Waals surface area (Å²) in [4.78, 5) is 13.8. The van der Waals surface area contributed by atoms with Gasteiger partial charge >= 0.3 is 0 Å². The fourth-order valence-electron chi connectivity index (χ4n) is 3.98. The minimum Gasteiger partial charge on any atom is -0.457 e. The number of Topliss-reactive ketones (excluding diaryl/α,β-unsaturated/α-hetero) is 1. The molecule has 1 fully saturated rings. The maximum atomic E-state index is 14.1. The highest BCUT2D eigenvalue weighted by atomic mass is 19.1. The van der Waals surface area contributed by atoms with E-state index in [1.807, 2.05) is 54.6 Å². The third-order valence-electron chi connectivity index (χ3n) is 5.32. The molecule has 0 amide bonds. The third-order valence-corrected chi connectivity index (χ3v) is 5.32. The molecule has 1 aliphatic heterocycles. The predicted molar refractivity (Wildman–Crippen MR) is 114 cm³/mol. The average Bonchev–Trinajstić information content (AvgIpc) is 3.16. The molecule has 3 nitrogen and oxygen atoms in total. The molecule has 1 saturated heterocycles. The van der Waals surface area contributed by atoms with Crippen LogP contribution in [0.2, 0.25) is 0 Å². The van der Waals surface area contributed by atoms with E-state index >= 15 is 0 Å². The molecule has 4 heteroatoms. The number of hydrogen-bond donors (Lipinski definition) is 0. The molecule has 0 saturated carbocycles. The van der Waals surface area contributed by atoms with Crippen molar-refractivity contribution in [1.82, 2.24) is 0 Å². The molecule has 0 N–H and O–H groups in total. The van der Waals surface area contributed by atoms with E-state index in [-0.39, 0.29) is 17.6 Å². The molecular formula is C25H24FNO2. The highest BCUT2D eigenvalue weighted by Crippen LogP contribution is 2.32. The van der Waals surface area contributed by atoms with Crippen LogP contribution in [0.3, 0.4) is 0 Å². The van der Waals surface area contributed by atoms with Gasteiger partial charge in [-0.05, 0) is 67.8 Å². The average molecular weight is 389 g/mol.